The molecular weight excluding hydrogens is 376 g/mol. The Bertz CT molecular complexity index is 1100. The van der Waals surface area contributed by atoms with Gasteiger partial charge in [-0.2, -0.15) is 0 Å². The van der Waals surface area contributed by atoms with E-state index in [2.05, 4.69) is 15.3 Å². The lowest BCUT2D eigenvalue weighted by molar-refractivity contribution is -0.384. The predicted octanol–water partition coefficient (Wildman–Crippen LogP) is 2.96. The molecule has 2 aromatic carbocycles. The number of carbonyl (C=O) groups is 1. The van der Waals surface area contributed by atoms with E-state index in [4.69, 9.17) is 11.6 Å². The third kappa shape index (κ3) is 3.93. The van der Waals surface area contributed by atoms with Crippen LogP contribution in [0.25, 0.3) is 11.4 Å². The Morgan fingerprint density at radius 3 is 2.56 bits per heavy atom. The van der Waals surface area contributed by atoms with Gasteiger partial charge >= 0.3 is 0 Å². The zero-order valence-electron chi connectivity index (χ0n) is 13.5. The molecule has 0 aliphatic heterocycles. The molecule has 0 fully saturated rings. The van der Waals surface area contributed by atoms with Gasteiger partial charge in [-0.1, -0.05) is 11.6 Å². The van der Waals surface area contributed by atoms with Crippen LogP contribution in [0.3, 0.4) is 0 Å². The Labute approximate surface area is 156 Å². The first kappa shape index (κ1) is 18.1. The molecule has 3 N–H and O–H groups in total. The number of nitro groups is 1. The molecule has 3 aromatic rings. The summed E-state index contributed by atoms with van der Waals surface area (Å²) in [5, 5.41) is 23.3. The molecule has 0 saturated carbocycles. The largest absolute Gasteiger partial charge is 0.506 e. The fourth-order valence-electron chi connectivity index (χ4n) is 2.24. The second-order valence-electron chi connectivity index (χ2n) is 5.39. The number of nitrogens with one attached hydrogen (secondary N) is 2. The molecule has 0 spiro atoms. The first-order valence-corrected chi connectivity index (χ1v) is 7.87. The van der Waals surface area contributed by atoms with Gasteiger partial charge < -0.3 is 15.4 Å². The molecule has 1 amide bonds. The molecule has 0 saturated heterocycles. The van der Waals surface area contributed by atoms with Crippen molar-refractivity contribution >= 4 is 28.9 Å². The molecule has 1 aromatic heterocycles. The summed E-state index contributed by atoms with van der Waals surface area (Å²) in [5.41, 5.74) is -0.959. The number of phenolic OH excluding ortho intramolecular Hbond substituents is 1. The van der Waals surface area contributed by atoms with Crippen LogP contribution in [-0.2, 0) is 0 Å². The fourth-order valence-corrected chi connectivity index (χ4v) is 2.36. The monoisotopic (exact) mass is 386 g/mol. The summed E-state index contributed by atoms with van der Waals surface area (Å²) in [6.07, 6.45) is 1.08. The van der Waals surface area contributed by atoms with Gasteiger partial charge in [0.2, 0.25) is 0 Å². The third-order valence-corrected chi connectivity index (χ3v) is 3.85. The molecule has 9 nitrogen and oxygen atoms in total. The second kappa shape index (κ2) is 7.26. The van der Waals surface area contributed by atoms with Crippen LogP contribution < -0.4 is 10.9 Å². The predicted molar refractivity (Wildman–Crippen MR) is 98.0 cm³/mol. The number of non-ortho nitro benzene ring substituents is 1. The summed E-state index contributed by atoms with van der Waals surface area (Å²) < 4.78 is 0. The van der Waals surface area contributed by atoms with Crippen molar-refractivity contribution in [3.63, 3.8) is 0 Å². The molecule has 0 atom stereocenters. The Morgan fingerprint density at radius 1 is 1.22 bits per heavy atom. The van der Waals surface area contributed by atoms with Crippen molar-refractivity contribution in [3.05, 3.63) is 79.7 Å². The van der Waals surface area contributed by atoms with Crippen molar-refractivity contribution in [2.75, 3.05) is 5.32 Å². The number of anilines is 1. The van der Waals surface area contributed by atoms with Crippen molar-refractivity contribution in [1.82, 2.24) is 9.97 Å². The van der Waals surface area contributed by atoms with Crippen LogP contribution in [0.15, 0.2) is 53.5 Å². The molecule has 0 aliphatic carbocycles. The Morgan fingerprint density at radius 2 is 1.93 bits per heavy atom. The highest BCUT2D eigenvalue weighted by atomic mass is 35.5. The number of aromatic amines is 1. The van der Waals surface area contributed by atoms with Crippen molar-refractivity contribution in [3.8, 4) is 17.1 Å². The maximum Gasteiger partial charge on any atom is 0.271 e. The number of H-pyrrole nitrogens is 1. The Kier molecular flexibility index (Phi) is 4.86. The summed E-state index contributed by atoms with van der Waals surface area (Å²) in [5.74, 6) is -1.01. The summed E-state index contributed by atoms with van der Waals surface area (Å²) >= 11 is 5.81. The molecule has 0 radical (unpaired) electrons. The van der Waals surface area contributed by atoms with Gasteiger partial charge in [-0.15, -0.1) is 0 Å². The Hall–Kier alpha value is -3.72. The van der Waals surface area contributed by atoms with Crippen LogP contribution in [0.1, 0.15) is 10.4 Å². The lowest BCUT2D eigenvalue weighted by Crippen LogP contribution is -2.24. The van der Waals surface area contributed by atoms with E-state index in [0.29, 0.717) is 10.6 Å². The van der Waals surface area contributed by atoms with Gasteiger partial charge in [0.05, 0.1) is 10.6 Å². The van der Waals surface area contributed by atoms with E-state index in [1.807, 2.05) is 0 Å². The zero-order chi connectivity index (χ0) is 19.6. The first-order valence-electron chi connectivity index (χ1n) is 7.49. The number of phenols is 1. The maximum atomic E-state index is 12.3. The van der Waals surface area contributed by atoms with Crippen molar-refractivity contribution in [2.24, 2.45) is 0 Å². The molecule has 0 bridgehead atoms. The maximum absolute atomic E-state index is 12.3. The molecule has 0 aliphatic rings. The molecule has 10 heteroatoms. The summed E-state index contributed by atoms with van der Waals surface area (Å²) in [6.45, 7) is 0. The zero-order valence-corrected chi connectivity index (χ0v) is 14.2. The van der Waals surface area contributed by atoms with E-state index in [1.54, 1.807) is 24.3 Å². The standard InChI is InChI=1S/C17H11ClN4O5/c18-10-3-1-9(2-4-10)15-19-8-12(17(25)21-15)16(24)20-13-7-11(22(26)27)5-6-14(13)23/h1-8,23H,(H,20,24)(H,19,21,25). The van der Waals surface area contributed by atoms with Gasteiger partial charge in [0.15, 0.2) is 0 Å². The number of aromatic nitrogens is 2. The van der Waals surface area contributed by atoms with Crippen LogP contribution in [0.4, 0.5) is 11.4 Å². The number of hydrogen-bond acceptors (Lipinski definition) is 6. The number of benzene rings is 2. The van der Waals surface area contributed by atoms with Crippen molar-refractivity contribution in [2.45, 2.75) is 0 Å². The molecule has 3 rings (SSSR count). The normalized spacial score (nSPS) is 10.4. The average molecular weight is 387 g/mol. The van der Waals surface area contributed by atoms with Gasteiger partial charge in [0.25, 0.3) is 17.2 Å². The van der Waals surface area contributed by atoms with E-state index in [9.17, 15) is 24.8 Å². The highest BCUT2D eigenvalue weighted by Crippen LogP contribution is 2.28. The van der Waals surface area contributed by atoms with Gasteiger partial charge in [0, 0.05) is 28.9 Å². The number of nitrogens with zero attached hydrogens (tertiary/aromatic N) is 2. The number of amides is 1. The smallest absolute Gasteiger partial charge is 0.271 e. The number of nitro benzene ring substituents is 1. The van der Waals surface area contributed by atoms with Crippen molar-refractivity contribution in [1.29, 1.82) is 0 Å². The summed E-state index contributed by atoms with van der Waals surface area (Å²) in [6, 6.07) is 9.70. The number of aromatic hydroxyl groups is 1. The minimum Gasteiger partial charge on any atom is -0.506 e. The van der Waals surface area contributed by atoms with Gasteiger partial charge in [-0.25, -0.2) is 4.98 Å². The molecule has 136 valence electrons. The average Bonchev–Trinajstić information content (AvgIpc) is 2.63. The SMILES string of the molecule is O=C(Nc1cc([N+](=O)[O-])ccc1O)c1cnc(-c2ccc(Cl)cc2)[nH]c1=O. The molecular formula is C17H11ClN4O5. The number of hydrogen-bond donors (Lipinski definition) is 3. The van der Waals surface area contributed by atoms with Crippen LogP contribution in [0.2, 0.25) is 5.02 Å². The van der Waals surface area contributed by atoms with E-state index >= 15 is 0 Å². The Balaban J connectivity index is 1.88. The lowest BCUT2D eigenvalue weighted by atomic mass is 10.2. The number of rotatable bonds is 4. The fraction of sp³-hybridized carbons (Fsp3) is 0. The van der Waals surface area contributed by atoms with Gasteiger partial charge in [-0.05, 0) is 30.3 Å². The number of carbonyl (C=O) groups excluding carboxylic acids is 1. The first-order chi connectivity index (χ1) is 12.8. The van der Waals surface area contributed by atoms with E-state index in [0.717, 1.165) is 24.4 Å². The van der Waals surface area contributed by atoms with E-state index < -0.39 is 16.4 Å². The highest BCUT2D eigenvalue weighted by molar-refractivity contribution is 6.30. The van der Waals surface area contributed by atoms with Gasteiger partial charge in [0.1, 0.15) is 17.1 Å². The van der Waals surface area contributed by atoms with Crippen LogP contribution in [0.5, 0.6) is 5.75 Å². The lowest BCUT2D eigenvalue weighted by Gasteiger charge is -2.07. The molecule has 27 heavy (non-hydrogen) atoms. The molecule has 0 unspecified atom stereocenters. The topological polar surface area (TPSA) is 138 Å². The molecule has 1 heterocycles. The van der Waals surface area contributed by atoms with Crippen LogP contribution >= 0.6 is 11.6 Å². The van der Waals surface area contributed by atoms with E-state index in [-0.39, 0.29) is 28.5 Å². The van der Waals surface area contributed by atoms with Crippen LogP contribution in [0, 0.1) is 10.1 Å². The second-order valence-corrected chi connectivity index (χ2v) is 5.83. The van der Waals surface area contributed by atoms with Gasteiger partial charge in [-0.3, -0.25) is 19.7 Å². The minimum atomic E-state index is -0.873. The summed E-state index contributed by atoms with van der Waals surface area (Å²) in [4.78, 5) is 41.2. The van der Waals surface area contributed by atoms with Crippen LogP contribution in [-0.4, -0.2) is 25.9 Å². The van der Waals surface area contributed by atoms with E-state index in [1.165, 1.54) is 0 Å². The third-order valence-electron chi connectivity index (χ3n) is 3.60. The number of halogens is 1. The van der Waals surface area contributed by atoms with Crippen molar-refractivity contribution < 1.29 is 14.8 Å². The summed E-state index contributed by atoms with van der Waals surface area (Å²) in [7, 11) is 0. The highest BCUT2D eigenvalue weighted by Gasteiger charge is 2.17. The minimum absolute atomic E-state index is 0.199. The quantitative estimate of drug-likeness (QED) is 0.358.